The Morgan fingerprint density at radius 1 is 0.339 bits per heavy atom. The van der Waals surface area contributed by atoms with Crippen LogP contribution < -0.4 is 0 Å². The molecule has 0 bridgehead atoms. The van der Waals surface area contributed by atoms with Gasteiger partial charge in [0.05, 0.1) is 11.4 Å². The minimum atomic E-state index is -0.110. The molecule has 2 nitrogen and oxygen atoms in total. The largest absolute Gasteiger partial charge is 0.228 e. The monoisotopic (exact) mass is 716 g/mol. The van der Waals surface area contributed by atoms with Gasteiger partial charge in [-0.2, -0.15) is 0 Å². The first kappa shape index (κ1) is 32.8. The molecule has 2 heteroatoms. The lowest BCUT2D eigenvalue weighted by Crippen LogP contribution is -2.14. The first-order valence-electron chi connectivity index (χ1n) is 19.7. The van der Waals surface area contributed by atoms with Crippen molar-refractivity contribution in [3.8, 4) is 67.3 Å². The van der Waals surface area contributed by atoms with E-state index >= 15 is 0 Å². The lowest BCUT2D eigenvalue weighted by molar-refractivity contribution is 0.660. The predicted molar refractivity (Wildman–Crippen MR) is 234 cm³/mol. The summed E-state index contributed by atoms with van der Waals surface area (Å²) in [6.45, 7) is 9.41. The third kappa shape index (κ3) is 4.75. The molecule has 0 N–H and O–H groups in total. The minimum Gasteiger partial charge on any atom is -0.228 e. The molecular weight excluding hydrogens is 677 g/mol. The van der Waals surface area contributed by atoms with Crippen LogP contribution in [-0.2, 0) is 10.8 Å². The molecule has 0 saturated heterocycles. The first-order chi connectivity index (χ1) is 27.3. The second-order valence-electron chi connectivity index (χ2n) is 16.6. The number of fused-ring (bicyclic) bond motifs is 8. The van der Waals surface area contributed by atoms with Crippen LogP contribution >= 0.6 is 0 Å². The van der Waals surface area contributed by atoms with Gasteiger partial charge in [-0.25, -0.2) is 9.97 Å². The van der Waals surface area contributed by atoms with Gasteiger partial charge in [-0.05, 0) is 101 Å². The van der Waals surface area contributed by atoms with Crippen LogP contribution in [0.3, 0.4) is 0 Å². The summed E-state index contributed by atoms with van der Waals surface area (Å²) in [5.41, 5.74) is 18.1. The van der Waals surface area contributed by atoms with Gasteiger partial charge in [0.2, 0.25) is 0 Å². The lowest BCUT2D eigenvalue weighted by atomic mass is 9.81. The van der Waals surface area contributed by atoms with Crippen molar-refractivity contribution >= 4 is 21.5 Å². The van der Waals surface area contributed by atoms with Gasteiger partial charge in [0, 0.05) is 27.5 Å². The van der Waals surface area contributed by atoms with E-state index in [1.807, 2.05) is 6.07 Å². The van der Waals surface area contributed by atoms with Crippen LogP contribution in [0.15, 0.2) is 170 Å². The zero-order chi connectivity index (χ0) is 37.8. The van der Waals surface area contributed by atoms with Crippen LogP contribution in [-0.4, -0.2) is 9.97 Å². The van der Waals surface area contributed by atoms with E-state index in [0.717, 1.165) is 33.9 Å². The van der Waals surface area contributed by atoms with E-state index in [1.54, 1.807) is 0 Å². The third-order valence-corrected chi connectivity index (χ3v) is 12.7. The van der Waals surface area contributed by atoms with Crippen LogP contribution in [0.5, 0.6) is 0 Å². The first-order valence-corrected chi connectivity index (χ1v) is 19.7. The Morgan fingerprint density at radius 3 is 1.73 bits per heavy atom. The van der Waals surface area contributed by atoms with Crippen LogP contribution in [0.25, 0.3) is 88.8 Å². The van der Waals surface area contributed by atoms with Crippen molar-refractivity contribution in [3.63, 3.8) is 0 Å². The summed E-state index contributed by atoms with van der Waals surface area (Å²) in [6, 6.07) is 62.1. The van der Waals surface area contributed by atoms with E-state index in [2.05, 4.69) is 191 Å². The van der Waals surface area contributed by atoms with Crippen molar-refractivity contribution in [2.24, 2.45) is 0 Å². The molecule has 0 unspecified atom stereocenters. The number of nitrogens with zero attached hydrogens (tertiary/aromatic N) is 2. The summed E-state index contributed by atoms with van der Waals surface area (Å²) in [4.78, 5) is 10.6. The molecule has 2 aliphatic rings. The van der Waals surface area contributed by atoms with Crippen LogP contribution in [0.1, 0.15) is 49.9 Å². The van der Waals surface area contributed by atoms with E-state index in [1.165, 1.54) is 77.2 Å². The van der Waals surface area contributed by atoms with E-state index < -0.39 is 0 Å². The highest BCUT2D eigenvalue weighted by molar-refractivity contribution is 6.08. The van der Waals surface area contributed by atoms with Crippen molar-refractivity contribution in [3.05, 3.63) is 192 Å². The molecule has 266 valence electrons. The number of aromatic nitrogens is 2. The molecule has 0 atom stereocenters. The molecule has 0 fully saturated rings. The fraction of sp³-hybridized carbons (Fsp3) is 0.111. The topological polar surface area (TPSA) is 25.8 Å². The maximum absolute atomic E-state index is 5.31. The number of hydrogen-bond donors (Lipinski definition) is 0. The molecule has 1 aromatic heterocycles. The molecule has 2 aliphatic carbocycles. The average molecular weight is 717 g/mol. The van der Waals surface area contributed by atoms with Gasteiger partial charge in [-0.3, -0.25) is 0 Å². The molecule has 0 saturated carbocycles. The Kier molecular flexibility index (Phi) is 6.98. The van der Waals surface area contributed by atoms with Gasteiger partial charge in [0.25, 0.3) is 0 Å². The quantitative estimate of drug-likeness (QED) is 0.181. The number of hydrogen-bond acceptors (Lipinski definition) is 2. The van der Waals surface area contributed by atoms with E-state index in [-0.39, 0.29) is 10.8 Å². The highest BCUT2D eigenvalue weighted by Gasteiger charge is 2.38. The Balaban J connectivity index is 1.10. The molecule has 9 aromatic rings. The molecule has 8 aromatic carbocycles. The second kappa shape index (κ2) is 11.9. The molecule has 0 spiro atoms. The van der Waals surface area contributed by atoms with Crippen LogP contribution in [0.4, 0.5) is 0 Å². The Hall–Kier alpha value is -6.64. The minimum absolute atomic E-state index is 0.105. The maximum atomic E-state index is 5.31. The predicted octanol–water partition coefficient (Wildman–Crippen LogP) is 14.1. The highest BCUT2D eigenvalue weighted by atomic mass is 14.9. The van der Waals surface area contributed by atoms with Crippen LogP contribution in [0.2, 0.25) is 0 Å². The average Bonchev–Trinajstić information content (AvgIpc) is 3.61. The van der Waals surface area contributed by atoms with Gasteiger partial charge >= 0.3 is 0 Å². The SMILES string of the molecule is CC1(C)c2ccccc2-c2ccc(-c3cc(-c4ccc(-c5cccc6c5-c5cc7ccccc7cc5C6(C)C)c5ccccc45)nc(-c4ccccc4)n3)cc21. The van der Waals surface area contributed by atoms with Crippen molar-refractivity contribution in [1.29, 1.82) is 0 Å². The van der Waals surface area contributed by atoms with Gasteiger partial charge in [-0.15, -0.1) is 0 Å². The third-order valence-electron chi connectivity index (χ3n) is 12.7. The normalized spacial score (nSPS) is 14.4. The second-order valence-corrected chi connectivity index (χ2v) is 16.6. The molecule has 0 radical (unpaired) electrons. The smallest absolute Gasteiger partial charge is 0.160 e. The van der Waals surface area contributed by atoms with Crippen molar-refractivity contribution in [2.45, 2.75) is 38.5 Å². The summed E-state index contributed by atoms with van der Waals surface area (Å²) in [5, 5.41) is 4.95. The Labute approximate surface area is 328 Å². The zero-order valence-corrected chi connectivity index (χ0v) is 32.1. The van der Waals surface area contributed by atoms with Crippen molar-refractivity contribution in [2.75, 3.05) is 0 Å². The number of benzene rings is 8. The number of rotatable bonds is 4. The fourth-order valence-corrected chi connectivity index (χ4v) is 9.77. The summed E-state index contributed by atoms with van der Waals surface area (Å²) < 4.78 is 0. The molecular formula is C54H40N2. The van der Waals surface area contributed by atoms with Crippen molar-refractivity contribution < 1.29 is 0 Å². The summed E-state index contributed by atoms with van der Waals surface area (Å²) in [6.07, 6.45) is 0. The van der Waals surface area contributed by atoms with Crippen LogP contribution in [0, 0.1) is 0 Å². The fourth-order valence-electron chi connectivity index (χ4n) is 9.77. The molecule has 0 amide bonds. The summed E-state index contributed by atoms with van der Waals surface area (Å²) >= 11 is 0. The van der Waals surface area contributed by atoms with E-state index in [0.29, 0.717) is 0 Å². The molecule has 11 rings (SSSR count). The van der Waals surface area contributed by atoms with Gasteiger partial charge in [-0.1, -0.05) is 173 Å². The van der Waals surface area contributed by atoms with E-state index in [4.69, 9.17) is 9.97 Å². The van der Waals surface area contributed by atoms with Crippen molar-refractivity contribution in [1.82, 2.24) is 9.97 Å². The van der Waals surface area contributed by atoms with Gasteiger partial charge < -0.3 is 0 Å². The summed E-state index contributed by atoms with van der Waals surface area (Å²) in [7, 11) is 0. The van der Waals surface area contributed by atoms with Gasteiger partial charge in [0.15, 0.2) is 5.82 Å². The molecule has 1 heterocycles. The van der Waals surface area contributed by atoms with Gasteiger partial charge in [0.1, 0.15) is 0 Å². The van der Waals surface area contributed by atoms with E-state index in [9.17, 15) is 0 Å². The highest BCUT2D eigenvalue weighted by Crippen LogP contribution is 2.54. The molecule has 56 heavy (non-hydrogen) atoms. The molecule has 0 aliphatic heterocycles. The summed E-state index contributed by atoms with van der Waals surface area (Å²) in [5.74, 6) is 0.723. The Bertz CT molecular complexity index is 3080. The maximum Gasteiger partial charge on any atom is 0.160 e. The Morgan fingerprint density at radius 2 is 0.911 bits per heavy atom. The lowest BCUT2D eigenvalue weighted by Gasteiger charge is -2.22. The zero-order valence-electron chi connectivity index (χ0n) is 32.1. The standard InChI is InChI=1S/C54H40N2/c1-53(2)45-23-13-12-21-40(45)41-26-25-36(31-47(41)53)49-32-50(56-52(55-49)33-15-6-5-7-16-33)42-28-27-39(37-19-10-11-20-38(37)42)43-22-14-24-46-51(43)44-29-34-17-8-9-18-35(34)30-48(44)54(46,3)4/h5-32H,1-4H3.